The highest BCUT2D eigenvalue weighted by Crippen LogP contribution is 2.11. The molecule has 0 saturated carbocycles. The number of H-pyrrole nitrogens is 2. The van der Waals surface area contributed by atoms with Gasteiger partial charge in [-0.25, -0.2) is 0 Å². The molecule has 0 fully saturated rings. The fraction of sp³-hybridized carbons (Fsp3) is 0.190. The van der Waals surface area contributed by atoms with Crippen LogP contribution in [-0.2, 0) is 0 Å². The second-order valence-electron chi connectivity index (χ2n) is 6.24. The van der Waals surface area contributed by atoms with Crippen molar-refractivity contribution < 1.29 is 9.84 Å². The number of aromatic hydroxyl groups is 1. The molecule has 0 aliphatic rings. The topological polar surface area (TPSA) is 108 Å². The van der Waals surface area contributed by atoms with E-state index in [1.165, 1.54) is 24.3 Å². The van der Waals surface area contributed by atoms with Gasteiger partial charge in [-0.1, -0.05) is 25.5 Å². The molecule has 0 amide bonds. The van der Waals surface area contributed by atoms with Crippen molar-refractivity contribution in [2.45, 2.75) is 19.8 Å². The number of hydrogen-bond acceptors (Lipinski definition) is 5. The first kappa shape index (κ1) is 19.2. The van der Waals surface area contributed by atoms with E-state index in [1.807, 2.05) is 0 Å². The normalized spacial score (nSPS) is 12.3. The van der Waals surface area contributed by atoms with Crippen LogP contribution in [0, 0.1) is 0 Å². The van der Waals surface area contributed by atoms with Crippen molar-refractivity contribution in [3.8, 4) is 11.5 Å². The van der Waals surface area contributed by atoms with Gasteiger partial charge in [-0.2, -0.15) is 0 Å². The molecule has 0 spiro atoms. The average Bonchev–Trinajstić information content (AvgIpc) is 2.67. The molecule has 3 rings (SSSR count). The van der Waals surface area contributed by atoms with Crippen LogP contribution >= 0.6 is 0 Å². The zero-order chi connectivity index (χ0) is 19.9. The number of phenolic OH excluding ortho intramolecular Hbond substituents is 1. The number of nitrogens with zero attached hydrogens (tertiary/aromatic N) is 1. The van der Waals surface area contributed by atoms with E-state index in [4.69, 9.17) is 4.74 Å². The van der Waals surface area contributed by atoms with Crippen molar-refractivity contribution >= 4 is 12.2 Å². The lowest BCUT2D eigenvalue weighted by molar-refractivity contribution is 0.308. The van der Waals surface area contributed by atoms with E-state index < -0.39 is 11.1 Å². The van der Waals surface area contributed by atoms with Gasteiger partial charge in [0.1, 0.15) is 22.2 Å². The Morgan fingerprint density at radius 2 is 1.82 bits per heavy atom. The first-order valence-corrected chi connectivity index (χ1v) is 8.99. The van der Waals surface area contributed by atoms with Gasteiger partial charge in [-0.15, -0.1) is 0 Å². The van der Waals surface area contributed by atoms with Crippen LogP contribution in [-0.4, -0.2) is 26.7 Å². The molecule has 1 aromatic carbocycles. The number of benzene rings is 1. The third kappa shape index (κ3) is 4.97. The van der Waals surface area contributed by atoms with E-state index in [0.717, 1.165) is 12.8 Å². The highest BCUT2D eigenvalue weighted by atomic mass is 16.5. The Kier molecular flexibility index (Phi) is 6.06. The van der Waals surface area contributed by atoms with E-state index in [2.05, 4.69) is 21.9 Å². The second-order valence-corrected chi connectivity index (χ2v) is 6.24. The number of unbranched alkanes of at least 4 members (excludes halogenated alkanes) is 1. The lowest BCUT2D eigenvalue weighted by atomic mass is 10.2. The maximum atomic E-state index is 12.3. The largest absolute Gasteiger partial charge is 0.508 e. The Hall–Kier alpha value is -3.61. The summed E-state index contributed by atoms with van der Waals surface area (Å²) in [6.45, 7) is 2.72. The van der Waals surface area contributed by atoms with E-state index in [0.29, 0.717) is 23.6 Å². The molecule has 0 bridgehead atoms. The quantitative estimate of drug-likeness (QED) is 0.554. The van der Waals surface area contributed by atoms with Crippen LogP contribution in [0.1, 0.15) is 31.0 Å². The molecule has 0 atom stereocenters. The van der Waals surface area contributed by atoms with Gasteiger partial charge in [0.25, 0.3) is 11.1 Å². The smallest absolute Gasteiger partial charge is 0.272 e. The number of nitrogens with one attached hydrogen (secondary N) is 2. The van der Waals surface area contributed by atoms with Crippen LogP contribution in [0.15, 0.2) is 52.2 Å². The molecular weight excluding hydrogens is 358 g/mol. The Morgan fingerprint density at radius 3 is 2.46 bits per heavy atom. The number of aromatic amines is 2. The van der Waals surface area contributed by atoms with Gasteiger partial charge in [0.05, 0.1) is 18.5 Å². The molecule has 3 N–H and O–H groups in total. The number of hydrogen-bond donors (Lipinski definition) is 3. The summed E-state index contributed by atoms with van der Waals surface area (Å²) in [5, 5.41) is 9.70. The predicted molar refractivity (Wildman–Crippen MR) is 107 cm³/mol. The zero-order valence-corrected chi connectivity index (χ0v) is 15.4. The summed E-state index contributed by atoms with van der Waals surface area (Å²) < 4.78 is 5.55. The molecule has 0 radical (unpaired) electrons. The summed E-state index contributed by atoms with van der Waals surface area (Å²) in [5.41, 5.74) is 0.219. The lowest BCUT2D eigenvalue weighted by Crippen LogP contribution is -2.46. The number of phenols is 1. The third-order valence-corrected chi connectivity index (χ3v) is 3.98. The first-order valence-electron chi connectivity index (χ1n) is 8.99. The number of pyridine rings is 1. The summed E-state index contributed by atoms with van der Waals surface area (Å²) >= 11 is 0. The van der Waals surface area contributed by atoms with Gasteiger partial charge in [-0.3, -0.25) is 14.6 Å². The minimum absolute atomic E-state index is 0.0747. The van der Waals surface area contributed by atoms with Crippen LogP contribution in [0.4, 0.5) is 0 Å². The van der Waals surface area contributed by atoms with Gasteiger partial charge in [-0.05, 0) is 48.4 Å². The lowest BCUT2D eigenvalue weighted by Gasteiger charge is -2.04. The van der Waals surface area contributed by atoms with Crippen LogP contribution in [0.25, 0.3) is 12.2 Å². The van der Waals surface area contributed by atoms with E-state index in [1.54, 1.807) is 30.5 Å². The summed E-state index contributed by atoms with van der Waals surface area (Å²) in [5.74, 6) is 0.731. The van der Waals surface area contributed by atoms with Gasteiger partial charge in [0.2, 0.25) is 0 Å². The molecular formula is C21H21N3O4. The molecule has 144 valence electrons. The first-order chi connectivity index (χ1) is 13.5. The predicted octanol–water partition coefficient (Wildman–Crippen LogP) is 1.00. The van der Waals surface area contributed by atoms with Crippen molar-refractivity contribution in [2.24, 2.45) is 0 Å². The average molecular weight is 379 g/mol. The second kappa shape index (κ2) is 8.85. The Labute approximate surface area is 160 Å². The molecule has 0 saturated heterocycles. The van der Waals surface area contributed by atoms with E-state index in [9.17, 15) is 14.7 Å². The molecule has 2 aromatic heterocycles. The Morgan fingerprint density at radius 1 is 1.07 bits per heavy atom. The molecule has 28 heavy (non-hydrogen) atoms. The molecule has 7 nitrogen and oxygen atoms in total. The Balaban J connectivity index is 1.90. The molecule has 2 heterocycles. The van der Waals surface area contributed by atoms with Gasteiger partial charge in [0.15, 0.2) is 0 Å². The van der Waals surface area contributed by atoms with Crippen molar-refractivity contribution in [3.63, 3.8) is 0 Å². The number of ether oxygens (including phenoxy) is 1. The van der Waals surface area contributed by atoms with Crippen molar-refractivity contribution in [1.29, 1.82) is 0 Å². The summed E-state index contributed by atoms with van der Waals surface area (Å²) in [7, 11) is 0. The highest BCUT2D eigenvalue weighted by molar-refractivity contribution is 5.50. The molecule has 0 aliphatic carbocycles. The highest BCUT2D eigenvalue weighted by Gasteiger charge is 1.99. The minimum Gasteiger partial charge on any atom is -0.508 e. The van der Waals surface area contributed by atoms with Crippen molar-refractivity contribution in [3.05, 3.63) is 85.3 Å². The number of aromatic nitrogens is 3. The maximum Gasteiger partial charge on any atom is 0.272 e. The van der Waals surface area contributed by atoms with E-state index in [-0.39, 0.29) is 16.4 Å². The fourth-order valence-corrected chi connectivity index (χ4v) is 2.52. The monoisotopic (exact) mass is 379 g/mol. The molecule has 0 aliphatic heterocycles. The summed E-state index contributed by atoms with van der Waals surface area (Å²) in [6, 6.07) is 9.86. The zero-order valence-electron chi connectivity index (χ0n) is 15.4. The maximum absolute atomic E-state index is 12.3. The van der Waals surface area contributed by atoms with Gasteiger partial charge < -0.3 is 19.8 Å². The minimum atomic E-state index is -0.450. The van der Waals surface area contributed by atoms with E-state index >= 15 is 0 Å². The van der Waals surface area contributed by atoms with Crippen molar-refractivity contribution in [2.75, 3.05) is 6.61 Å². The van der Waals surface area contributed by atoms with Crippen LogP contribution in [0.3, 0.4) is 0 Å². The summed E-state index contributed by atoms with van der Waals surface area (Å²) in [6.07, 6.45) is 6.58. The molecule has 3 aromatic rings. The van der Waals surface area contributed by atoms with Crippen molar-refractivity contribution in [1.82, 2.24) is 15.0 Å². The standard InChI is InChI=1S/C21H21N3O4/c1-2-3-9-28-17-8-7-15(22-13-17)12-19-21(27)23-18(20(26)24-19)11-14-5-4-6-16(25)10-14/h4-8,10-13,25H,2-3,9H2,1H3,(H,23,27)(H,24,26). The van der Waals surface area contributed by atoms with Gasteiger partial charge in [0, 0.05) is 0 Å². The molecule has 7 heteroatoms. The van der Waals surface area contributed by atoms with Crippen LogP contribution in [0.5, 0.6) is 11.5 Å². The Bertz CT molecular complexity index is 1180. The number of rotatable bonds is 6. The molecule has 0 unspecified atom stereocenters. The SMILES string of the molecule is CCCCOc1ccc(C=c2[nH]c(=O)c(=Cc3cccc(O)c3)[nH]c2=O)nc1. The summed E-state index contributed by atoms with van der Waals surface area (Å²) in [4.78, 5) is 34.0. The fourth-order valence-electron chi connectivity index (χ4n) is 2.52. The van der Waals surface area contributed by atoms with Crippen LogP contribution < -0.4 is 26.6 Å². The van der Waals surface area contributed by atoms with Gasteiger partial charge >= 0.3 is 0 Å². The van der Waals surface area contributed by atoms with Crippen LogP contribution in [0.2, 0.25) is 0 Å². The third-order valence-electron chi connectivity index (χ3n) is 3.98.